The molecule has 0 atom stereocenters. The normalized spacial score (nSPS) is 18.9. The van der Waals surface area contributed by atoms with Crippen molar-refractivity contribution in [3.8, 4) is 11.1 Å². The molecule has 0 N–H and O–H groups in total. The third-order valence-electron chi connectivity index (χ3n) is 15.7. The Labute approximate surface area is 382 Å². The fraction of sp³-hybridized carbons (Fsp3) is 0.414. The van der Waals surface area contributed by atoms with Crippen LogP contribution in [0.25, 0.3) is 11.1 Å². The lowest BCUT2D eigenvalue weighted by Gasteiger charge is -2.47. The summed E-state index contributed by atoms with van der Waals surface area (Å²) < 4.78 is 7.70. The minimum absolute atomic E-state index is 0.0182. The summed E-state index contributed by atoms with van der Waals surface area (Å²) in [5.41, 5.74) is 20.3. The average Bonchev–Trinajstić information content (AvgIpc) is 3.63. The van der Waals surface area contributed by atoms with Gasteiger partial charge in [0.1, 0.15) is 5.76 Å². The Hall–Kier alpha value is -4.74. The van der Waals surface area contributed by atoms with Crippen LogP contribution in [0.1, 0.15) is 156 Å². The lowest BCUT2D eigenvalue weighted by atomic mass is 9.35. The molecule has 0 spiro atoms. The first-order valence-corrected chi connectivity index (χ1v) is 24.1. The Bertz CT molecular complexity index is 2830. The van der Waals surface area contributed by atoms with E-state index in [0.717, 1.165) is 48.0 Å². The van der Waals surface area contributed by atoms with Crippen molar-refractivity contribution in [1.82, 2.24) is 0 Å². The van der Waals surface area contributed by atoms with E-state index in [1.54, 1.807) is 0 Å². The molecule has 6 aromatic rings. The first-order valence-electron chi connectivity index (χ1n) is 23.6. The summed E-state index contributed by atoms with van der Waals surface area (Å²) in [7, 11) is 4.24. The Morgan fingerprint density at radius 2 is 1.11 bits per heavy atom. The second kappa shape index (κ2) is 13.6. The van der Waals surface area contributed by atoms with Crippen LogP contribution in [0.3, 0.4) is 0 Å². The van der Waals surface area contributed by atoms with Crippen LogP contribution in [-0.4, -0.2) is 17.0 Å². The molecule has 5 heteroatoms. The van der Waals surface area contributed by atoms with E-state index in [4.69, 9.17) is 4.42 Å². The maximum atomic E-state index is 7.70. The smallest absolute Gasteiger partial charge is 0.297 e. The van der Waals surface area contributed by atoms with E-state index < -0.39 is 0 Å². The zero-order chi connectivity index (χ0) is 45.0. The molecule has 0 unspecified atom stereocenters. The first kappa shape index (κ1) is 42.2. The van der Waals surface area contributed by atoms with Gasteiger partial charge in [-0.1, -0.05) is 157 Å². The van der Waals surface area contributed by atoms with Crippen LogP contribution >= 0.6 is 0 Å². The highest BCUT2D eigenvalue weighted by atomic mass is 28.1. The standard InChI is InChI=1S/C58H66BN2OSi/c1-53(2,3)36-20-23-38(24-21-36)60-46-31-39(63)32-47-49(46)59(52-50(60)48-51(62-52)58(13,14)29-28-57(48,11)12)43-33-41-42(56(9,10)27-26-55(41,7)8)34-45(43)61(47)44-25-22-37(54(4,5)6)30-40(44)35-18-16-15-17-19-35/h15-25,30-34H,26-29H2,1-14H3. The van der Waals surface area contributed by atoms with E-state index in [0.29, 0.717) is 0 Å². The lowest BCUT2D eigenvalue weighted by Crippen LogP contribution is -2.62. The number of hydrogen-bond donors (Lipinski definition) is 0. The summed E-state index contributed by atoms with van der Waals surface area (Å²) in [4.78, 5) is 5.21. The fourth-order valence-corrected chi connectivity index (χ4v) is 11.8. The molecule has 2 aliphatic carbocycles. The second-order valence-electron chi connectivity index (χ2n) is 24.2. The molecule has 0 fully saturated rings. The zero-order valence-corrected chi connectivity index (χ0v) is 41.4. The number of fused-ring (bicyclic) bond motifs is 7. The summed E-state index contributed by atoms with van der Waals surface area (Å²) >= 11 is 0. The number of furan rings is 1. The summed E-state index contributed by atoms with van der Waals surface area (Å²) in [6.45, 7) is 33.3. The molecule has 3 radical (unpaired) electrons. The van der Waals surface area contributed by atoms with E-state index in [2.05, 4.69) is 214 Å². The van der Waals surface area contributed by atoms with Crippen molar-refractivity contribution >= 4 is 72.9 Å². The number of benzene rings is 5. The molecule has 4 aliphatic rings. The molecule has 0 bridgehead atoms. The highest BCUT2D eigenvalue weighted by Crippen LogP contribution is 2.56. The van der Waals surface area contributed by atoms with Crippen molar-refractivity contribution in [3.63, 3.8) is 0 Å². The molecule has 2 aliphatic heterocycles. The lowest BCUT2D eigenvalue weighted by molar-refractivity contribution is 0.282. The van der Waals surface area contributed by atoms with Gasteiger partial charge in [-0.15, -0.1) is 0 Å². The molecule has 1 aromatic heterocycles. The minimum atomic E-state index is -0.107. The van der Waals surface area contributed by atoms with Gasteiger partial charge in [0, 0.05) is 39.3 Å². The van der Waals surface area contributed by atoms with Crippen molar-refractivity contribution in [2.75, 3.05) is 9.80 Å². The van der Waals surface area contributed by atoms with Crippen molar-refractivity contribution in [1.29, 1.82) is 0 Å². The summed E-state index contributed by atoms with van der Waals surface area (Å²) in [5, 5.41) is 1.06. The highest BCUT2D eigenvalue weighted by molar-refractivity contribution is 6.99. The fourth-order valence-electron chi connectivity index (χ4n) is 11.5. The molecule has 63 heavy (non-hydrogen) atoms. The van der Waals surface area contributed by atoms with Crippen LogP contribution in [0.2, 0.25) is 0 Å². The number of anilines is 6. The molecule has 321 valence electrons. The van der Waals surface area contributed by atoms with Gasteiger partial charge >= 0.3 is 0 Å². The molecule has 0 saturated heterocycles. The van der Waals surface area contributed by atoms with Crippen molar-refractivity contribution in [3.05, 3.63) is 131 Å². The predicted molar refractivity (Wildman–Crippen MR) is 272 cm³/mol. The number of rotatable bonds is 3. The van der Waals surface area contributed by atoms with Gasteiger partial charge in [-0.2, -0.15) is 0 Å². The van der Waals surface area contributed by atoms with Crippen LogP contribution in [0, 0.1) is 0 Å². The molecular formula is C58H66BN2OSi. The SMILES string of the molecule is CC(C)(C)c1ccc(N2c3cc([Si])cc4c3B(c3cc5c(cc3N4c3ccc(C(C)(C)C)cc3-c3ccccc3)C(C)(C)CCC5(C)C)c3oc4c(c32)C(C)(C)CCC4(C)C)cc1. The maximum absolute atomic E-state index is 7.70. The molecule has 0 saturated carbocycles. The molecule has 3 nitrogen and oxygen atoms in total. The summed E-state index contributed by atoms with van der Waals surface area (Å²) in [6, 6.07) is 37.7. The van der Waals surface area contributed by atoms with Gasteiger partial charge in [-0.05, 0) is 134 Å². The van der Waals surface area contributed by atoms with Crippen LogP contribution in [0.4, 0.5) is 34.1 Å². The third kappa shape index (κ3) is 6.48. The van der Waals surface area contributed by atoms with Gasteiger partial charge in [0.25, 0.3) is 6.71 Å². The minimum Gasteiger partial charge on any atom is -0.472 e. The van der Waals surface area contributed by atoms with Gasteiger partial charge in [0.2, 0.25) is 0 Å². The summed E-state index contributed by atoms with van der Waals surface area (Å²) in [5.74, 6) is 1.15. The van der Waals surface area contributed by atoms with Gasteiger partial charge in [-0.3, -0.25) is 0 Å². The van der Waals surface area contributed by atoms with E-state index >= 15 is 0 Å². The quantitative estimate of drug-likeness (QED) is 0.165. The third-order valence-corrected chi connectivity index (χ3v) is 16.0. The molecule has 10 rings (SSSR count). The number of nitrogens with zero attached hydrogens (tertiary/aromatic N) is 2. The van der Waals surface area contributed by atoms with Crippen molar-refractivity contribution < 1.29 is 4.42 Å². The van der Waals surface area contributed by atoms with E-state index in [-0.39, 0.29) is 39.2 Å². The van der Waals surface area contributed by atoms with Crippen LogP contribution in [0.5, 0.6) is 0 Å². The average molecular weight is 846 g/mol. The van der Waals surface area contributed by atoms with Gasteiger partial charge in [0.05, 0.1) is 27.3 Å². The maximum Gasteiger partial charge on any atom is 0.297 e. The Morgan fingerprint density at radius 3 is 1.73 bits per heavy atom. The van der Waals surface area contributed by atoms with Crippen LogP contribution in [0.15, 0.2) is 101 Å². The first-order chi connectivity index (χ1) is 29.4. The summed E-state index contributed by atoms with van der Waals surface area (Å²) in [6.07, 6.45) is 4.49. The van der Waals surface area contributed by atoms with Gasteiger partial charge < -0.3 is 14.2 Å². The molecule has 3 heterocycles. The van der Waals surface area contributed by atoms with E-state index in [1.165, 1.54) is 78.3 Å². The molecular weight excluding hydrogens is 780 g/mol. The second-order valence-corrected chi connectivity index (χ2v) is 24.8. The Balaban J connectivity index is 1.36. The van der Waals surface area contributed by atoms with E-state index in [1.807, 2.05) is 0 Å². The van der Waals surface area contributed by atoms with Crippen molar-refractivity contribution in [2.24, 2.45) is 0 Å². The zero-order valence-electron chi connectivity index (χ0n) is 40.4. The monoisotopic (exact) mass is 846 g/mol. The van der Waals surface area contributed by atoms with E-state index in [9.17, 15) is 0 Å². The van der Waals surface area contributed by atoms with Crippen LogP contribution < -0.4 is 31.6 Å². The molecule has 0 amide bonds. The predicted octanol–water partition coefficient (Wildman–Crippen LogP) is 13.1. The van der Waals surface area contributed by atoms with Crippen LogP contribution in [-0.2, 0) is 32.5 Å². The van der Waals surface area contributed by atoms with Gasteiger partial charge in [0.15, 0.2) is 0 Å². The topological polar surface area (TPSA) is 19.6 Å². The number of hydrogen-bond acceptors (Lipinski definition) is 3. The Kier molecular flexibility index (Phi) is 9.14. The highest BCUT2D eigenvalue weighted by Gasteiger charge is 2.53. The Morgan fingerprint density at radius 1 is 0.556 bits per heavy atom. The van der Waals surface area contributed by atoms with Crippen molar-refractivity contribution in [2.45, 2.75) is 155 Å². The van der Waals surface area contributed by atoms with Gasteiger partial charge in [-0.25, -0.2) is 0 Å². The molecule has 5 aromatic carbocycles. The largest absolute Gasteiger partial charge is 0.472 e.